The molecule has 0 radical (unpaired) electrons. The maximum Gasteiger partial charge on any atom is 0.284 e. The van der Waals surface area contributed by atoms with Gasteiger partial charge in [0.1, 0.15) is 18.6 Å². The number of hydrogen-bond donors (Lipinski definition) is 0. The van der Waals surface area contributed by atoms with Crippen molar-refractivity contribution >= 4 is 11.2 Å². The van der Waals surface area contributed by atoms with E-state index in [1.807, 2.05) is 6.92 Å². The highest BCUT2D eigenvalue weighted by Gasteiger charge is 2.17. The van der Waals surface area contributed by atoms with Crippen LogP contribution in [0.1, 0.15) is 12.8 Å². The average Bonchev–Trinajstić information content (AvgIpc) is 3.54. The summed E-state index contributed by atoms with van der Waals surface area (Å²) < 4.78 is 24.3. The molecular weight excluding hydrogens is 454 g/mol. The van der Waals surface area contributed by atoms with Crippen LogP contribution in [0, 0.1) is 0 Å². The zero-order valence-corrected chi connectivity index (χ0v) is 19.2. The van der Waals surface area contributed by atoms with Crippen molar-refractivity contribution in [2.45, 2.75) is 13.5 Å². The monoisotopic (exact) mass is 475 g/mol. The van der Waals surface area contributed by atoms with Gasteiger partial charge in [-0.15, -0.1) is 5.10 Å². The first-order chi connectivity index (χ1) is 17.1. The summed E-state index contributed by atoms with van der Waals surface area (Å²) in [5, 5.41) is 12.1. The van der Waals surface area contributed by atoms with Crippen LogP contribution in [0.3, 0.4) is 0 Å². The second-order valence-electron chi connectivity index (χ2n) is 7.36. The lowest BCUT2D eigenvalue weighted by molar-refractivity contribution is 0.311. The lowest BCUT2D eigenvalue weighted by atomic mass is 10.2. The fourth-order valence-electron chi connectivity index (χ4n) is 3.52. The summed E-state index contributed by atoms with van der Waals surface area (Å²) >= 11 is 0. The van der Waals surface area contributed by atoms with Crippen LogP contribution in [0.25, 0.3) is 28.2 Å². The second kappa shape index (κ2) is 9.25. The number of methoxy groups -OCH3 is 2. The fraction of sp³-hybridized carbons (Fsp3) is 0.217. The predicted molar refractivity (Wildman–Crippen MR) is 124 cm³/mol. The fourth-order valence-corrected chi connectivity index (χ4v) is 3.52. The molecule has 0 unspecified atom stereocenters. The van der Waals surface area contributed by atoms with E-state index in [0.717, 1.165) is 0 Å². The van der Waals surface area contributed by atoms with Crippen molar-refractivity contribution in [1.82, 2.24) is 34.7 Å². The quantitative estimate of drug-likeness (QED) is 0.330. The van der Waals surface area contributed by atoms with Gasteiger partial charge in [-0.2, -0.15) is 9.67 Å². The first-order valence-corrected chi connectivity index (χ1v) is 10.7. The number of fused-ring (bicyclic) bond motifs is 1. The highest BCUT2D eigenvalue weighted by atomic mass is 16.5. The van der Waals surface area contributed by atoms with Crippen molar-refractivity contribution in [3.05, 3.63) is 65.0 Å². The maximum atomic E-state index is 13.0. The van der Waals surface area contributed by atoms with Gasteiger partial charge in [-0.3, -0.25) is 9.36 Å². The zero-order chi connectivity index (χ0) is 24.4. The van der Waals surface area contributed by atoms with Gasteiger partial charge in [0.15, 0.2) is 22.7 Å². The molecule has 0 aliphatic heterocycles. The highest BCUT2D eigenvalue weighted by Crippen LogP contribution is 2.31. The molecule has 0 saturated heterocycles. The molecule has 0 saturated carbocycles. The van der Waals surface area contributed by atoms with Crippen LogP contribution in [0.4, 0.5) is 0 Å². The zero-order valence-electron chi connectivity index (χ0n) is 19.2. The Labute approximate surface area is 198 Å². The summed E-state index contributed by atoms with van der Waals surface area (Å²) in [4.78, 5) is 21.8. The summed E-state index contributed by atoms with van der Waals surface area (Å²) in [6.07, 6.45) is 1.40. The largest absolute Gasteiger partial charge is 0.497 e. The third-order valence-electron chi connectivity index (χ3n) is 5.24. The Morgan fingerprint density at radius 3 is 2.60 bits per heavy atom. The Morgan fingerprint density at radius 2 is 1.86 bits per heavy atom. The summed E-state index contributed by atoms with van der Waals surface area (Å²) in [7, 11) is 3.15. The Kier molecular flexibility index (Phi) is 5.83. The minimum Gasteiger partial charge on any atom is -0.497 e. The molecular formula is C23H21N7O5. The van der Waals surface area contributed by atoms with Crippen LogP contribution >= 0.6 is 0 Å². The van der Waals surface area contributed by atoms with Crippen molar-refractivity contribution in [3.63, 3.8) is 0 Å². The van der Waals surface area contributed by atoms with Gasteiger partial charge in [0.05, 0.1) is 26.5 Å². The van der Waals surface area contributed by atoms with Gasteiger partial charge in [-0.1, -0.05) is 10.4 Å². The number of benzene rings is 2. The van der Waals surface area contributed by atoms with E-state index in [4.69, 9.17) is 18.7 Å². The van der Waals surface area contributed by atoms with Crippen LogP contribution in [0.2, 0.25) is 0 Å². The molecule has 0 aliphatic rings. The molecule has 0 fully saturated rings. The van der Waals surface area contributed by atoms with Gasteiger partial charge in [-0.25, -0.2) is 4.98 Å². The summed E-state index contributed by atoms with van der Waals surface area (Å²) in [6.45, 7) is 2.44. The van der Waals surface area contributed by atoms with Crippen LogP contribution < -0.4 is 19.8 Å². The smallest absolute Gasteiger partial charge is 0.284 e. The van der Waals surface area contributed by atoms with Crippen LogP contribution in [-0.2, 0) is 6.54 Å². The molecule has 0 amide bonds. The van der Waals surface area contributed by atoms with Gasteiger partial charge < -0.3 is 18.7 Å². The van der Waals surface area contributed by atoms with E-state index in [1.165, 1.54) is 15.6 Å². The Bertz CT molecular complexity index is 1540. The van der Waals surface area contributed by atoms with E-state index >= 15 is 0 Å². The van der Waals surface area contributed by atoms with Gasteiger partial charge in [-0.05, 0) is 49.4 Å². The van der Waals surface area contributed by atoms with Crippen molar-refractivity contribution < 1.29 is 18.7 Å². The van der Waals surface area contributed by atoms with E-state index in [9.17, 15) is 4.79 Å². The van der Waals surface area contributed by atoms with Crippen molar-refractivity contribution in [1.29, 1.82) is 0 Å². The molecule has 0 spiro atoms. The van der Waals surface area contributed by atoms with Gasteiger partial charge in [0.2, 0.25) is 11.7 Å². The first kappa shape index (κ1) is 22.1. The lowest BCUT2D eigenvalue weighted by Gasteiger charge is -2.09. The molecule has 0 aliphatic carbocycles. The van der Waals surface area contributed by atoms with E-state index in [2.05, 4.69) is 25.4 Å². The number of rotatable bonds is 8. The van der Waals surface area contributed by atoms with Gasteiger partial charge in [0.25, 0.3) is 5.56 Å². The molecule has 178 valence electrons. The molecule has 3 aromatic heterocycles. The normalized spacial score (nSPS) is 11.1. The SMILES string of the molecule is CCOc1ccc(-c2noc(Cn3cnc4c(nnn4-c4ccc(OC)cc4)c3=O)n2)cc1OC. The number of aromatic nitrogens is 7. The Balaban J connectivity index is 1.41. The molecule has 35 heavy (non-hydrogen) atoms. The van der Waals surface area contributed by atoms with E-state index < -0.39 is 0 Å². The molecule has 12 nitrogen and oxygen atoms in total. The number of nitrogens with zero attached hydrogens (tertiary/aromatic N) is 7. The molecule has 0 N–H and O–H groups in total. The van der Waals surface area contributed by atoms with Crippen molar-refractivity contribution in [3.8, 4) is 34.3 Å². The van der Waals surface area contributed by atoms with Crippen molar-refractivity contribution in [2.24, 2.45) is 0 Å². The third-order valence-corrected chi connectivity index (χ3v) is 5.24. The molecule has 5 rings (SSSR count). The Hall–Kier alpha value is -4.74. The lowest BCUT2D eigenvalue weighted by Crippen LogP contribution is -2.21. The number of ether oxygens (including phenoxy) is 3. The molecule has 2 aromatic carbocycles. The molecule has 5 aromatic rings. The van der Waals surface area contributed by atoms with E-state index in [1.54, 1.807) is 56.7 Å². The predicted octanol–water partition coefficient (Wildman–Crippen LogP) is 2.49. The minimum absolute atomic E-state index is 0.0261. The second-order valence-corrected chi connectivity index (χ2v) is 7.36. The van der Waals surface area contributed by atoms with Gasteiger partial charge >= 0.3 is 0 Å². The van der Waals surface area contributed by atoms with E-state index in [0.29, 0.717) is 46.6 Å². The summed E-state index contributed by atoms with van der Waals surface area (Å²) in [5.41, 5.74) is 1.47. The minimum atomic E-state index is -0.378. The summed E-state index contributed by atoms with van der Waals surface area (Å²) in [5.74, 6) is 2.47. The third kappa shape index (κ3) is 4.16. The van der Waals surface area contributed by atoms with Gasteiger partial charge in [0, 0.05) is 5.56 Å². The summed E-state index contributed by atoms with van der Waals surface area (Å²) in [6, 6.07) is 12.5. The van der Waals surface area contributed by atoms with Crippen LogP contribution in [-0.4, -0.2) is 55.5 Å². The molecule has 0 bridgehead atoms. The number of hydrogen-bond acceptors (Lipinski definition) is 10. The molecule has 0 atom stereocenters. The van der Waals surface area contributed by atoms with Crippen LogP contribution in [0.15, 0.2) is 58.1 Å². The molecule has 12 heteroatoms. The average molecular weight is 475 g/mol. The standard InChI is InChI=1S/C23H21N7O5/c1-4-34-17-10-5-14(11-18(17)33-3)21-25-19(35-27-21)12-29-13-24-22-20(23(29)31)26-28-30(22)15-6-8-16(32-2)9-7-15/h5-11,13H,4,12H2,1-3H3. The van der Waals surface area contributed by atoms with E-state index in [-0.39, 0.29) is 23.5 Å². The van der Waals surface area contributed by atoms with Crippen LogP contribution in [0.5, 0.6) is 17.2 Å². The topological polar surface area (TPSA) is 132 Å². The maximum absolute atomic E-state index is 13.0. The Morgan fingerprint density at radius 1 is 1.03 bits per heavy atom. The first-order valence-electron chi connectivity index (χ1n) is 10.7. The van der Waals surface area contributed by atoms with Crippen molar-refractivity contribution in [2.75, 3.05) is 20.8 Å². The highest BCUT2D eigenvalue weighted by molar-refractivity contribution is 5.70. The molecule has 3 heterocycles.